The number of fused-ring (bicyclic) bond motifs is 1. The second-order valence-corrected chi connectivity index (χ2v) is 5.43. The van der Waals surface area contributed by atoms with Crippen LogP contribution in [0.4, 0.5) is 0 Å². The Morgan fingerprint density at radius 3 is 2.54 bits per heavy atom. The molecule has 9 heteroatoms. The first-order valence-corrected chi connectivity index (χ1v) is 7.15. The standard InChI is InChI=1S/C15H16O9/c16-5-10-12(19)13(20)14(21)15(24-10)23-9-4-8-6(3-7(9)17)1-2-11(18)22-8/h1-4,10,12-17,19-21H,5H2/t10-,12-,13-,14-,15-/m0/s1. The number of rotatable bonds is 3. The number of hydrogen-bond donors (Lipinski definition) is 5. The van der Waals surface area contributed by atoms with Crippen LogP contribution in [0, 0.1) is 0 Å². The van der Waals surface area contributed by atoms with Crippen molar-refractivity contribution in [3.8, 4) is 11.5 Å². The van der Waals surface area contributed by atoms with Gasteiger partial charge in [0, 0.05) is 17.5 Å². The van der Waals surface area contributed by atoms with Gasteiger partial charge in [0.15, 0.2) is 11.5 Å². The second kappa shape index (κ2) is 6.38. The van der Waals surface area contributed by atoms with E-state index in [0.29, 0.717) is 5.39 Å². The SMILES string of the molecule is O=c1ccc2cc(O)c(O[C@H]3O[C@@H](CO)[C@H](O)[C@H](O)[C@@H]3O)cc2o1. The summed E-state index contributed by atoms with van der Waals surface area (Å²) in [6.07, 6.45) is -7.36. The summed E-state index contributed by atoms with van der Waals surface area (Å²) in [5.74, 6) is -0.477. The number of hydrogen-bond acceptors (Lipinski definition) is 9. The van der Waals surface area contributed by atoms with Crippen molar-refractivity contribution in [1.82, 2.24) is 0 Å². The van der Waals surface area contributed by atoms with E-state index in [1.165, 1.54) is 24.3 Å². The fraction of sp³-hybridized carbons (Fsp3) is 0.400. The van der Waals surface area contributed by atoms with E-state index in [1.807, 2.05) is 0 Å². The highest BCUT2D eigenvalue weighted by Crippen LogP contribution is 2.33. The maximum absolute atomic E-state index is 11.3. The Kier molecular flexibility index (Phi) is 4.43. The van der Waals surface area contributed by atoms with Crippen LogP contribution in [0.15, 0.2) is 33.5 Å². The largest absolute Gasteiger partial charge is 0.504 e. The molecule has 1 aliphatic heterocycles. The fourth-order valence-corrected chi connectivity index (χ4v) is 2.47. The Hall–Kier alpha value is -2.17. The molecule has 9 nitrogen and oxygen atoms in total. The van der Waals surface area contributed by atoms with E-state index >= 15 is 0 Å². The number of aliphatic hydroxyl groups is 4. The Labute approximate surface area is 134 Å². The number of benzene rings is 1. The lowest BCUT2D eigenvalue weighted by Crippen LogP contribution is -2.60. The molecule has 0 bridgehead atoms. The van der Waals surface area contributed by atoms with Crippen LogP contribution in [-0.2, 0) is 4.74 Å². The second-order valence-electron chi connectivity index (χ2n) is 5.43. The topological polar surface area (TPSA) is 150 Å². The van der Waals surface area contributed by atoms with Crippen LogP contribution in [0.1, 0.15) is 0 Å². The first-order chi connectivity index (χ1) is 11.4. The molecule has 1 aliphatic rings. The summed E-state index contributed by atoms with van der Waals surface area (Å²) in [4.78, 5) is 11.3. The van der Waals surface area contributed by atoms with Crippen molar-refractivity contribution in [2.45, 2.75) is 30.7 Å². The minimum atomic E-state index is -1.62. The highest BCUT2D eigenvalue weighted by atomic mass is 16.7. The molecule has 5 N–H and O–H groups in total. The molecule has 24 heavy (non-hydrogen) atoms. The first-order valence-electron chi connectivity index (χ1n) is 7.15. The highest BCUT2D eigenvalue weighted by molar-refractivity contribution is 5.80. The van der Waals surface area contributed by atoms with Crippen LogP contribution in [0.2, 0.25) is 0 Å². The molecule has 2 heterocycles. The minimum absolute atomic E-state index is 0.139. The van der Waals surface area contributed by atoms with E-state index in [9.17, 15) is 25.2 Å². The quantitative estimate of drug-likeness (QED) is 0.429. The zero-order valence-corrected chi connectivity index (χ0v) is 12.3. The lowest BCUT2D eigenvalue weighted by molar-refractivity contribution is -0.277. The third kappa shape index (κ3) is 2.95. The molecule has 1 aromatic heterocycles. The van der Waals surface area contributed by atoms with E-state index in [0.717, 1.165) is 0 Å². The summed E-state index contributed by atoms with van der Waals surface area (Å²) in [7, 11) is 0. The molecule has 2 aromatic rings. The predicted octanol–water partition coefficient (Wildman–Crippen LogP) is -1.32. The molecule has 0 spiro atoms. The zero-order chi connectivity index (χ0) is 17.4. The smallest absolute Gasteiger partial charge is 0.336 e. The van der Waals surface area contributed by atoms with Gasteiger partial charge in [0.1, 0.15) is 30.0 Å². The summed E-state index contributed by atoms with van der Waals surface area (Å²) in [6.45, 7) is -0.608. The summed E-state index contributed by atoms with van der Waals surface area (Å²) in [5, 5.41) is 49.0. The minimum Gasteiger partial charge on any atom is -0.504 e. The maximum Gasteiger partial charge on any atom is 0.336 e. The van der Waals surface area contributed by atoms with Gasteiger partial charge in [0.25, 0.3) is 0 Å². The van der Waals surface area contributed by atoms with Gasteiger partial charge in [0.05, 0.1) is 6.61 Å². The average molecular weight is 340 g/mol. The fourth-order valence-electron chi connectivity index (χ4n) is 2.47. The third-order valence-electron chi connectivity index (χ3n) is 3.79. The van der Waals surface area contributed by atoms with E-state index in [2.05, 4.69) is 0 Å². The molecule has 0 saturated carbocycles. The van der Waals surface area contributed by atoms with Crippen molar-refractivity contribution in [2.75, 3.05) is 6.61 Å². The summed E-state index contributed by atoms with van der Waals surface area (Å²) in [6, 6.07) is 5.17. The molecule has 0 aliphatic carbocycles. The van der Waals surface area contributed by atoms with E-state index in [-0.39, 0.29) is 17.1 Å². The van der Waals surface area contributed by atoms with Crippen LogP contribution in [0.25, 0.3) is 11.0 Å². The molecule has 130 valence electrons. The van der Waals surface area contributed by atoms with Crippen molar-refractivity contribution in [2.24, 2.45) is 0 Å². The molecule has 0 amide bonds. The molecule has 1 aromatic carbocycles. The number of aliphatic hydroxyl groups excluding tert-OH is 4. The Balaban J connectivity index is 1.90. The lowest BCUT2D eigenvalue weighted by Gasteiger charge is -2.39. The van der Waals surface area contributed by atoms with E-state index in [4.69, 9.17) is 19.0 Å². The molecular weight excluding hydrogens is 324 g/mol. The van der Waals surface area contributed by atoms with Crippen LogP contribution in [0.5, 0.6) is 11.5 Å². The van der Waals surface area contributed by atoms with Gasteiger partial charge in [-0.05, 0) is 12.1 Å². The van der Waals surface area contributed by atoms with Crippen LogP contribution in [-0.4, -0.2) is 62.8 Å². The van der Waals surface area contributed by atoms with Gasteiger partial charge in [-0.1, -0.05) is 0 Å². The van der Waals surface area contributed by atoms with Gasteiger partial charge in [-0.15, -0.1) is 0 Å². The Morgan fingerprint density at radius 1 is 1.08 bits per heavy atom. The number of aromatic hydroxyl groups is 1. The van der Waals surface area contributed by atoms with E-state index in [1.54, 1.807) is 0 Å². The number of ether oxygens (including phenoxy) is 2. The van der Waals surface area contributed by atoms with Gasteiger partial charge >= 0.3 is 5.63 Å². The van der Waals surface area contributed by atoms with Crippen LogP contribution < -0.4 is 10.4 Å². The van der Waals surface area contributed by atoms with Gasteiger partial charge in [0.2, 0.25) is 6.29 Å². The summed E-state index contributed by atoms with van der Waals surface area (Å²) >= 11 is 0. The maximum atomic E-state index is 11.3. The molecule has 0 radical (unpaired) electrons. The number of phenolic OH excluding ortho intramolecular Hbond substituents is 1. The van der Waals surface area contributed by atoms with Crippen LogP contribution in [0.3, 0.4) is 0 Å². The summed E-state index contributed by atoms with van der Waals surface area (Å²) < 4.78 is 15.5. The zero-order valence-electron chi connectivity index (χ0n) is 12.3. The molecular formula is C15H16O9. The van der Waals surface area contributed by atoms with Gasteiger partial charge in [-0.2, -0.15) is 0 Å². The van der Waals surface area contributed by atoms with Gasteiger partial charge in [-0.3, -0.25) is 0 Å². The van der Waals surface area contributed by atoms with E-state index < -0.39 is 42.9 Å². The van der Waals surface area contributed by atoms with Crippen LogP contribution >= 0.6 is 0 Å². The Morgan fingerprint density at radius 2 is 1.83 bits per heavy atom. The normalized spacial score (nSPS) is 30.4. The average Bonchev–Trinajstić information content (AvgIpc) is 2.56. The van der Waals surface area contributed by atoms with Crippen molar-refractivity contribution in [1.29, 1.82) is 0 Å². The van der Waals surface area contributed by atoms with Gasteiger partial charge in [-0.25, -0.2) is 4.79 Å². The third-order valence-corrected chi connectivity index (χ3v) is 3.79. The summed E-state index contributed by atoms with van der Waals surface area (Å²) in [5.41, 5.74) is -0.452. The first kappa shape index (κ1) is 16.7. The molecule has 3 rings (SSSR count). The van der Waals surface area contributed by atoms with Gasteiger partial charge < -0.3 is 39.4 Å². The Bertz CT molecular complexity index is 784. The van der Waals surface area contributed by atoms with Crippen molar-refractivity contribution < 1.29 is 39.4 Å². The van der Waals surface area contributed by atoms with Crippen molar-refractivity contribution >= 4 is 11.0 Å². The number of phenols is 1. The van der Waals surface area contributed by atoms with Crippen molar-refractivity contribution in [3.05, 3.63) is 34.7 Å². The lowest BCUT2D eigenvalue weighted by atomic mass is 9.99. The predicted molar refractivity (Wildman–Crippen MR) is 78.5 cm³/mol. The van der Waals surface area contributed by atoms with Crippen molar-refractivity contribution in [3.63, 3.8) is 0 Å². The molecule has 0 unspecified atom stereocenters. The highest BCUT2D eigenvalue weighted by Gasteiger charge is 2.44. The molecule has 5 atom stereocenters. The molecule has 1 fully saturated rings. The monoisotopic (exact) mass is 340 g/mol. The molecule has 1 saturated heterocycles.